The number of methoxy groups -OCH3 is 1. The molecule has 0 spiro atoms. The summed E-state index contributed by atoms with van der Waals surface area (Å²) >= 11 is 0. The molecular formula is C37H50N4O4. The zero-order chi connectivity index (χ0) is 32.1. The molecule has 1 heterocycles. The molecule has 0 radical (unpaired) electrons. The van der Waals surface area contributed by atoms with Gasteiger partial charge in [0.1, 0.15) is 11.4 Å². The molecule has 45 heavy (non-hydrogen) atoms. The standard InChI is InChI=1S/C37H50N4O4/c1-25(2)41-24-32(22-39-41)30-8-7-9-33(21-30)40(35(42)29-16-18-37(4,19-17-29)45-36(43)38-5)23-27-10-12-28(13-11-27)31-14-15-34(44-6)26(3)20-31/h7-9,14-15,20-22,24-25,27-29H,10-13,16-19,23H2,1-6H3,(H,38,43)/t27-,28-,29-,37-. The summed E-state index contributed by atoms with van der Waals surface area (Å²) in [5.74, 6) is 1.98. The van der Waals surface area contributed by atoms with Gasteiger partial charge in [0.2, 0.25) is 5.91 Å². The second-order valence-electron chi connectivity index (χ2n) is 13.6. The number of nitrogens with zero attached hydrogens (tertiary/aromatic N) is 3. The number of aromatic nitrogens is 2. The molecule has 0 saturated heterocycles. The first kappa shape index (κ1) is 32.6. The van der Waals surface area contributed by atoms with Gasteiger partial charge in [0.05, 0.1) is 13.3 Å². The molecule has 3 aromatic rings. The molecule has 0 aliphatic heterocycles. The summed E-state index contributed by atoms with van der Waals surface area (Å²) in [6.45, 7) is 9.03. The Morgan fingerprint density at radius 3 is 2.40 bits per heavy atom. The average Bonchev–Trinajstić information content (AvgIpc) is 3.55. The molecular weight excluding hydrogens is 564 g/mol. The number of alkyl carbamates (subject to hydrolysis) is 1. The Labute approximate surface area is 268 Å². The highest BCUT2D eigenvalue weighted by Gasteiger charge is 2.39. The highest BCUT2D eigenvalue weighted by molar-refractivity contribution is 5.95. The summed E-state index contributed by atoms with van der Waals surface area (Å²) < 4.78 is 13.1. The number of carbonyl (C=O) groups is 2. The Balaban J connectivity index is 1.33. The van der Waals surface area contributed by atoms with Crippen molar-refractivity contribution in [3.63, 3.8) is 0 Å². The van der Waals surface area contributed by atoms with Crippen LogP contribution in [0.5, 0.6) is 5.75 Å². The van der Waals surface area contributed by atoms with E-state index in [1.807, 2.05) is 17.8 Å². The van der Waals surface area contributed by atoms with Crippen LogP contribution in [0, 0.1) is 18.8 Å². The van der Waals surface area contributed by atoms with E-state index in [9.17, 15) is 9.59 Å². The fourth-order valence-corrected chi connectivity index (χ4v) is 7.11. The largest absolute Gasteiger partial charge is 0.496 e. The zero-order valence-electron chi connectivity index (χ0n) is 27.8. The molecule has 0 atom stereocenters. The quantitative estimate of drug-likeness (QED) is 0.264. The van der Waals surface area contributed by atoms with Crippen LogP contribution in [-0.4, -0.2) is 48.1 Å². The van der Waals surface area contributed by atoms with Gasteiger partial charge in [-0.2, -0.15) is 5.10 Å². The van der Waals surface area contributed by atoms with E-state index < -0.39 is 11.7 Å². The maximum Gasteiger partial charge on any atom is 0.407 e. The maximum absolute atomic E-state index is 14.4. The third-order valence-corrected chi connectivity index (χ3v) is 10.0. The molecule has 1 aromatic heterocycles. The predicted octanol–water partition coefficient (Wildman–Crippen LogP) is 8.06. The van der Waals surface area contributed by atoms with E-state index in [0.29, 0.717) is 44.1 Å². The van der Waals surface area contributed by atoms with Gasteiger partial charge in [-0.25, -0.2) is 4.79 Å². The van der Waals surface area contributed by atoms with Crippen molar-refractivity contribution in [2.45, 2.75) is 96.6 Å². The molecule has 2 aliphatic rings. The lowest BCUT2D eigenvalue weighted by molar-refractivity contribution is -0.125. The van der Waals surface area contributed by atoms with Crippen LogP contribution in [-0.2, 0) is 9.53 Å². The highest BCUT2D eigenvalue weighted by atomic mass is 16.6. The van der Waals surface area contributed by atoms with Crippen LogP contribution < -0.4 is 15.0 Å². The van der Waals surface area contributed by atoms with E-state index in [2.05, 4.69) is 84.7 Å². The van der Waals surface area contributed by atoms with Gasteiger partial charge in [-0.3, -0.25) is 9.48 Å². The predicted molar refractivity (Wildman–Crippen MR) is 179 cm³/mol. The van der Waals surface area contributed by atoms with Crippen molar-refractivity contribution in [3.8, 4) is 16.9 Å². The molecule has 2 amide bonds. The Morgan fingerprint density at radius 2 is 1.78 bits per heavy atom. The van der Waals surface area contributed by atoms with Crippen LogP contribution in [0.15, 0.2) is 54.9 Å². The average molecular weight is 615 g/mol. The topological polar surface area (TPSA) is 85.7 Å². The number of aryl methyl sites for hydroxylation is 1. The molecule has 1 N–H and O–H groups in total. The molecule has 2 fully saturated rings. The van der Waals surface area contributed by atoms with E-state index in [1.54, 1.807) is 14.2 Å². The Bertz CT molecular complexity index is 1460. The first-order valence-electron chi connectivity index (χ1n) is 16.6. The molecule has 2 aliphatic carbocycles. The normalized spacial score (nSPS) is 23.4. The Hall–Kier alpha value is -3.81. The summed E-state index contributed by atoms with van der Waals surface area (Å²) in [7, 11) is 3.30. The smallest absolute Gasteiger partial charge is 0.407 e. The zero-order valence-corrected chi connectivity index (χ0v) is 27.8. The van der Waals surface area contributed by atoms with Crippen molar-refractivity contribution in [2.24, 2.45) is 11.8 Å². The molecule has 242 valence electrons. The van der Waals surface area contributed by atoms with Crippen LogP contribution in [0.25, 0.3) is 11.1 Å². The van der Waals surface area contributed by atoms with Crippen molar-refractivity contribution < 1.29 is 19.1 Å². The lowest BCUT2D eigenvalue weighted by Crippen LogP contribution is -2.45. The van der Waals surface area contributed by atoms with Gasteiger partial charge >= 0.3 is 6.09 Å². The first-order chi connectivity index (χ1) is 21.6. The second kappa shape index (κ2) is 14.1. The Kier molecular flexibility index (Phi) is 10.2. The number of nitrogens with one attached hydrogen (secondary N) is 1. The molecule has 8 nitrogen and oxygen atoms in total. The lowest BCUT2D eigenvalue weighted by atomic mass is 9.77. The number of hydrogen-bond donors (Lipinski definition) is 1. The molecule has 0 bridgehead atoms. The molecule has 0 unspecified atom stereocenters. The van der Waals surface area contributed by atoms with Gasteiger partial charge in [0.15, 0.2) is 0 Å². The number of amides is 2. The number of carbonyl (C=O) groups excluding carboxylic acids is 2. The van der Waals surface area contributed by atoms with Crippen molar-refractivity contribution in [3.05, 3.63) is 66.0 Å². The summed E-state index contributed by atoms with van der Waals surface area (Å²) in [6.07, 6.45) is 10.7. The highest BCUT2D eigenvalue weighted by Crippen LogP contribution is 2.40. The van der Waals surface area contributed by atoms with Gasteiger partial charge in [-0.15, -0.1) is 0 Å². The molecule has 2 saturated carbocycles. The van der Waals surface area contributed by atoms with E-state index >= 15 is 0 Å². The molecule has 8 heteroatoms. The lowest BCUT2D eigenvalue weighted by Gasteiger charge is -2.39. The molecule has 2 aromatic carbocycles. The third kappa shape index (κ3) is 7.71. The SMILES string of the molecule is CNC(=O)O[C@]1(C)CC[C@@H](C(=O)N(C[C@H]2CC[C@H](c3ccc(OC)c(C)c3)CC2)c2cccc(-c3cnn(C(C)C)c3)c2)CC1. The van der Waals surface area contributed by atoms with E-state index in [0.717, 1.165) is 48.2 Å². The number of anilines is 1. The summed E-state index contributed by atoms with van der Waals surface area (Å²) in [6, 6.07) is 15.2. The number of benzene rings is 2. The van der Waals surface area contributed by atoms with Crippen LogP contribution in [0.3, 0.4) is 0 Å². The van der Waals surface area contributed by atoms with Crippen molar-refractivity contribution in [2.75, 3.05) is 25.6 Å². The first-order valence-corrected chi connectivity index (χ1v) is 16.6. The summed E-state index contributed by atoms with van der Waals surface area (Å²) in [4.78, 5) is 28.4. The second-order valence-corrected chi connectivity index (χ2v) is 13.6. The van der Waals surface area contributed by atoms with Gasteiger partial charge < -0.3 is 19.7 Å². The van der Waals surface area contributed by atoms with Crippen molar-refractivity contribution >= 4 is 17.7 Å². The summed E-state index contributed by atoms with van der Waals surface area (Å²) in [5, 5.41) is 7.10. The van der Waals surface area contributed by atoms with Gasteiger partial charge in [0.25, 0.3) is 0 Å². The van der Waals surface area contributed by atoms with E-state index in [-0.39, 0.29) is 17.9 Å². The minimum Gasteiger partial charge on any atom is -0.496 e. The van der Waals surface area contributed by atoms with Gasteiger partial charge in [-0.05, 0) is 126 Å². The fraction of sp³-hybridized carbons (Fsp3) is 0.541. The van der Waals surface area contributed by atoms with Crippen LogP contribution in [0.2, 0.25) is 0 Å². The van der Waals surface area contributed by atoms with Gasteiger partial charge in [-0.1, -0.05) is 24.3 Å². The van der Waals surface area contributed by atoms with Crippen LogP contribution in [0.1, 0.15) is 95.2 Å². The van der Waals surface area contributed by atoms with E-state index in [4.69, 9.17) is 9.47 Å². The van der Waals surface area contributed by atoms with Crippen molar-refractivity contribution in [1.82, 2.24) is 15.1 Å². The van der Waals surface area contributed by atoms with E-state index in [1.165, 1.54) is 11.1 Å². The maximum atomic E-state index is 14.4. The van der Waals surface area contributed by atoms with Crippen LogP contribution >= 0.6 is 0 Å². The summed E-state index contributed by atoms with van der Waals surface area (Å²) in [5.41, 5.74) is 5.07. The van der Waals surface area contributed by atoms with Crippen LogP contribution in [0.4, 0.5) is 10.5 Å². The number of hydrogen-bond acceptors (Lipinski definition) is 5. The third-order valence-electron chi connectivity index (χ3n) is 10.0. The number of ether oxygens (including phenoxy) is 2. The number of rotatable bonds is 9. The minimum absolute atomic E-state index is 0.0997. The Morgan fingerprint density at radius 1 is 1.04 bits per heavy atom. The van der Waals surface area contributed by atoms with Crippen molar-refractivity contribution in [1.29, 1.82) is 0 Å². The minimum atomic E-state index is -0.545. The monoisotopic (exact) mass is 614 g/mol. The van der Waals surface area contributed by atoms with Gasteiger partial charge in [0, 0.05) is 43.0 Å². The molecule has 5 rings (SSSR count). The fourth-order valence-electron chi connectivity index (χ4n) is 7.11.